The third-order valence-electron chi connectivity index (χ3n) is 20.8. The molecule has 0 aliphatic rings. The normalized spacial score (nSPS) is 14.1. The second kappa shape index (κ2) is 78.3. The SMILES string of the molecule is CCCCCCCCCCCCCCC(=O)O[C@H](COC(=O)CCCCCCCCCCCCC)COP(=O)(O)OC[C@H](O)COP(=O)(O)OC[C@@H](COC(=O)CCCCCCCCCCCCCCCCCCCCC(C)C)OC(=O)CCCCCCCCCCCCCCCCCCCCC(C)CC. The summed E-state index contributed by atoms with van der Waals surface area (Å²) in [4.78, 5) is 73.2. The van der Waals surface area contributed by atoms with E-state index in [-0.39, 0.29) is 25.7 Å². The molecule has 17 nitrogen and oxygen atoms in total. The van der Waals surface area contributed by atoms with Gasteiger partial charge in [0.2, 0.25) is 0 Å². The highest BCUT2D eigenvalue weighted by Gasteiger charge is 2.30. The van der Waals surface area contributed by atoms with Gasteiger partial charge >= 0.3 is 39.5 Å². The average Bonchev–Trinajstić information content (AvgIpc) is 0.901. The van der Waals surface area contributed by atoms with Crippen LogP contribution in [0.1, 0.15) is 465 Å². The molecule has 3 unspecified atom stereocenters. The first-order chi connectivity index (χ1) is 51.4. The van der Waals surface area contributed by atoms with Crippen LogP contribution in [-0.2, 0) is 65.4 Å². The zero-order chi connectivity index (χ0) is 77.8. The highest BCUT2D eigenvalue weighted by Crippen LogP contribution is 2.45. The van der Waals surface area contributed by atoms with Gasteiger partial charge in [-0.1, -0.05) is 414 Å². The number of phosphoric acid groups is 2. The van der Waals surface area contributed by atoms with Crippen LogP contribution in [0.2, 0.25) is 0 Å². The van der Waals surface area contributed by atoms with Gasteiger partial charge in [-0.3, -0.25) is 37.3 Å². The molecule has 0 aromatic carbocycles. The molecule has 0 fully saturated rings. The zero-order valence-corrected chi connectivity index (χ0v) is 71.5. The summed E-state index contributed by atoms with van der Waals surface area (Å²) >= 11 is 0. The molecule has 0 heterocycles. The van der Waals surface area contributed by atoms with Crippen LogP contribution in [0.25, 0.3) is 0 Å². The van der Waals surface area contributed by atoms with Gasteiger partial charge in [0.05, 0.1) is 26.4 Å². The molecular formula is C87H170O17P2. The van der Waals surface area contributed by atoms with Gasteiger partial charge in [-0.05, 0) is 37.5 Å². The Hall–Kier alpha value is -1.94. The first kappa shape index (κ1) is 104. The number of hydrogen-bond acceptors (Lipinski definition) is 15. The molecule has 0 amide bonds. The van der Waals surface area contributed by atoms with Gasteiger partial charge in [0.15, 0.2) is 12.2 Å². The van der Waals surface area contributed by atoms with Crippen LogP contribution < -0.4 is 0 Å². The van der Waals surface area contributed by atoms with E-state index in [9.17, 15) is 43.2 Å². The van der Waals surface area contributed by atoms with E-state index >= 15 is 0 Å². The van der Waals surface area contributed by atoms with Crippen LogP contribution in [0.3, 0.4) is 0 Å². The molecule has 0 aliphatic carbocycles. The molecule has 3 N–H and O–H groups in total. The highest BCUT2D eigenvalue weighted by atomic mass is 31.2. The molecule has 0 radical (unpaired) electrons. The number of carbonyl (C=O) groups excluding carboxylic acids is 4. The summed E-state index contributed by atoms with van der Waals surface area (Å²) in [5, 5.41) is 10.7. The van der Waals surface area contributed by atoms with E-state index in [1.807, 2.05) is 0 Å². The Labute approximate surface area is 651 Å². The number of carbonyl (C=O) groups is 4. The van der Waals surface area contributed by atoms with E-state index in [2.05, 4.69) is 41.5 Å². The van der Waals surface area contributed by atoms with Crippen molar-refractivity contribution in [2.75, 3.05) is 39.6 Å². The Kier molecular flexibility index (Phi) is 76.9. The van der Waals surface area contributed by atoms with E-state index in [1.54, 1.807) is 0 Å². The topological polar surface area (TPSA) is 237 Å². The van der Waals surface area contributed by atoms with Crippen LogP contribution in [-0.4, -0.2) is 96.7 Å². The van der Waals surface area contributed by atoms with Crippen molar-refractivity contribution in [3.05, 3.63) is 0 Å². The fourth-order valence-electron chi connectivity index (χ4n) is 13.6. The number of aliphatic hydroxyl groups excluding tert-OH is 1. The first-order valence-corrected chi connectivity index (χ1v) is 48.0. The summed E-state index contributed by atoms with van der Waals surface area (Å²) in [6.45, 7) is 9.77. The fourth-order valence-corrected chi connectivity index (χ4v) is 15.1. The summed E-state index contributed by atoms with van der Waals surface area (Å²) < 4.78 is 68.9. The molecule has 0 aliphatic heterocycles. The lowest BCUT2D eigenvalue weighted by molar-refractivity contribution is -0.161. The minimum atomic E-state index is -4.97. The number of aliphatic hydroxyl groups is 1. The van der Waals surface area contributed by atoms with E-state index in [0.717, 1.165) is 102 Å². The van der Waals surface area contributed by atoms with Gasteiger partial charge in [-0.15, -0.1) is 0 Å². The monoisotopic (exact) mass is 1550 g/mol. The number of phosphoric ester groups is 2. The van der Waals surface area contributed by atoms with Crippen molar-refractivity contribution in [2.45, 2.75) is 484 Å². The van der Waals surface area contributed by atoms with E-state index in [1.165, 1.54) is 283 Å². The number of ether oxygens (including phenoxy) is 4. The maximum Gasteiger partial charge on any atom is 0.472 e. The lowest BCUT2D eigenvalue weighted by atomic mass is 9.99. The van der Waals surface area contributed by atoms with Crippen molar-refractivity contribution in [3.8, 4) is 0 Å². The number of rotatable bonds is 86. The summed E-state index contributed by atoms with van der Waals surface area (Å²) in [6, 6.07) is 0. The number of unbranched alkanes of at least 4 members (excludes halogenated alkanes) is 55. The Morgan fingerprint density at radius 3 is 0.717 bits per heavy atom. The quantitative estimate of drug-likeness (QED) is 0.0222. The minimum Gasteiger partial charge on any atom is -0.462 e. The predicted octanol–water partition coefficient (Wildman–Crippen LogP) is 26.6. The van der Waals surface area contributed by atoms with Crippen molar-refractivity contribution in [2.24, 2.45) is 11.8 Å². The molecule has 0 bridgehead atoms. The van der Waals surface area contributed by atoms with E-state index in [4.69, 9.17) is 37.0 Å². The number of esters is 4. The van der Waals surface area contributed by atoms with Crippen molar-refractivity contribution in [1.82, 2.24) is 0 Å². The second-order valence-electron chi connectivity index (χ2n) is 32.0. The molecule has 0 rings (SSSR count). The molecule has 0 aromatic rings. The van der Waals surface area contributed by atoms with Gasteiger partial charge in [0.25, 0.3) is 0 Å². The van der Waals surface area contributed by atoms with E-state index in [0.29, 0.717) is 25.7 Å². The lowest BCUT2D eigenvalue weighted by Crippen LogP contribution is -2.30. The largest absolute Gasteiger partial charge is 0.472 e. The van der Waals surface area contributed by atoms with Crippen LogP contribution in [0.15, 0.2) is 0 Å². The Balaban J connectivity index is 5.20. The summed E-state index contributed by atoms with van der Waals surface area (Å²) in [6.07, 6.45) is 70.8. The van der Waals surface area contributed by atoms with Gasteiger partial charge in [-0.25, -0.2) is 9.13 Å². The lowest BCUT2D eigenvalue weighted by Gasteiger charge is -2.21. The maximum atomic E-state index is 13.2. The molecule has 0 aromatic heterocycles. The molecule has 6 atom stereocenters. The summed E-state index contributed by atoms with van der Waals surface area (Å²) in [5.41, 5.74) is 0. The number of hydrogen-bond donors (Lipinski definition) is 3. The standard InChI is InChI=1S/C87H170O17P2/c1-7-10-12-14-16-18-20-40-47-53-59-65-71-86(91)103-82(75-97-84(89)69-63-57-51-45-37-19-17-15-13-11-8-2)77-101-105(93,94)99-73-81(88)74-100-106(95,96)102-78-83(76-98-85(90)70-64-58-52-46-41-35-31-27-23-21-25-29-33-38-43-49-55-61-67-79(4)5)104-87(92)72-66-60-54-48-42-36-32-28-24-22-26-30-34-39-44-50-56-62-68-80(6)9-3/h79-83,88H,7-78H2,1-6H3,(H,93,94)(H,95,96)/t80?,81-,82+,83+/m0/s1. The molecule has 19 heteroatoms. The van der Waals surface area contributed by atoms with Gasteiger partial charge in [-0.2, -0.15) is 0 Å². The van der Waals surface area contributed by atoms with Crippen molar-refractivity contribution < 1.29 is 80.2 Å². The highest BCUT2D eigenvalue weighted by molar-refractivity contribution is 7.47. The van der Waals surface area contributed by atoms with Crippen molar-refractivity contribution in [1.29, 1.82) is 0 Å². The molecule has 0 spiro atoms. The van der Waals surface area contributed by atoms with Crippen molar-refractivity contribution >= 4 is 39.5 Å². The molecule has 0 saturated heterocycles. The third kappa shape index (κ3) is 78.7. The van der Waals surface area contributed by atoms with Gasteiger partial charge in [0.1, 0.15) is 19.3 Å². The van der Waals surface area contributed by atoms with E-state index < -0.39 is 97.5 Å². The molecule has 0 saturated carbocycles. The fraction of sp³-hybridized carbons (Fsp3) is 0.954. The average molecular weight is 1550 g/mol. The Morgan fingerprint density at radius 1 is 0.274 bits per heavy atom. The van der Waals surface area contributed by atoms with Crippen LogP contribution >= 0.6 is 15.6 Å². The molecular weight excluding hydrogens is 1380 g/mol. The second-order valence-corrected chi connectivity index (χ2v) is 34.9. The molecule has 106 heavy (non-hydrogen) atoms. The van der Waals surface area contributed by atoms with Gasteiger partial charge in [0, 0.05) is 25.7 Å². The first-order valence-electron chi connectivity index (χ1n) is 45.0. The zero-order valence-electron chi connectivity index (χ0n) is 69.7. The summed E-state index contributed by atoms with van der Waals surface area (Å²) in [5.74, 6) is -0.406. The van der Waals surface area contributed by atoms with Crippen LogP contribution in [0, 0.1) is 11.8 Å². The summed E-state index contributed by atoms with van der Waals surface area (Å²) in [7, 11) is -9.93. The molecule has 630 valence electrons. The third-order valence-corrected chi connectivity index (χ3v) is 22.7. The Bertz CT molecular complexity index is 2030. The van der Waals surface area contributed by atoms with Crippen LogP contribution in [0.4, 0.5) is 0 Å². The van der Waals surface area contributed by atoms with Crippen LogP contribution in [0.5, 0.6) is 0 Å². The predicted molar refractivity (Wildman–Crippen MR) is 437 cm³/mol. The smallest absolute Gasteiger partial charge is 0.462 e. The maximum absolute atomic E-state index is 13.2. The van der Waals surface area contributed by atoms with Gasteiger partial charge < -0.3 is 33.8 Å². The minimum absolute atomic E-state index is 0.108. The Morgan fingerprint density at radius 2 is 0.481 bits per heavy atom. The van der Waals surface area contributed by atoms with Crippen molar-refractivity contribution in [3.63, 3.8) is 0 Å².